The van der Waals surface area contributed by atoms with Crippen LogP contribution in [0.2, 0.25) is 0 Å². The average molecular weight is 248 g/mol. The number of ether oxygens (including phenoxy) is 1. The van der Waals surface area contributed by atoms with E-state index < -0.39 is 0 Å². The molecule has 18 heavy (non-hydrogen) atoms. The molecule has 0 aromatic carbocycles. The first-order valence-corrected chi connectivity index (χ1v) is 6.75. The number of nitrogens with two attached hydrogens (primary N) is 1. The Kier molecular flexibility index (Phi) is 3.51. The van der Waals surface area contributed by atoms with Gasteiger partial charge in [0.05, 0.1) is 11.4 Å². The van der Waals surface area contributed by atoms with Gasteiger partial charge in [-0.1, -0.05) is 20.8 Å². The Labute approximate surface area is 110 Å². The van der Waals surface area contributed by atoms with E-state index in [4.69, 9.17) is 10.5 Å². The Morgan fingerprint density at radius 3 is 2.67 bits per heavy atom. The molecule has 0 saturated heterocycles. The summed E-state index contributed by atoms with van der Waals surface area (Å²) < 4.78 is 6.03. The number of nitrogens with zero attached hydrogens (tertiary/aromatic N) is 1. The summed E-state index contributed by atoms with van der Waals surface area (Å²) >= 11 is 0. The maximum atomic E-state index is 6.03. The van der Waals surface area contributed by atoms with E-state index in [1.54, 1.807) is 0 Å². The molecule has 3 heteroatoms. The van der Waals surface area contributed by atoms with Gasteiger partial charge >= 0.3 is 0 Å². The Morgan fingerprint density at radius 2 is 2.06 bits per heavy atom. The normalized spacial score (nSPS) is 26.9. The van der Waals surface area contributed by atoms with E-state index in [0.717, 1.165) is 24.2 Å². The predicted octanol–water partition coefficient (Wildman–Crippen LogP) is 3.57. The lowest BCUT2D eigenvalue weighted by Crippen LogP contribution is -2.34. The Bertz CT molecular complexity index is 429. The van der Waals surface area contributed by atoms with E-state index in [-0.39, 0.29) is 6.10 Å². The summed E-state index contributed by atoms with van der Waals surface area (Å²) in [7, 11) is 0. The van der Waals surface area contributed by atoms with Crippen LogP contribution < -0.4 is 10.5 Å². The number of rotatable bonds is 2. The first-order chi connectivity index (χ1) is 8.35. The van der Waals surface area contributed by atoms with Gasteiger partial charge in [0.1, 0.15) is 6.10 Å². The summed E-state index contributed by atoms with van der Waals surface area (Å²) in [5, 5.41) is 0. The van der Waals surface area contributed by atoms with Gasteiger partial charge in [-0.25, -0.2) is 4.98 Å². The van der Waals surface area contributed by atoms with Gasteiger partial charge in [-0.15, -0.1) is 0 Å². The van der Waals surface area contributed by atoms with Crippen LogP contribution in [0.5, 0.6) is 5.88 Å². The molecule has 2 atom stereocenters. The van der Waals surface area contributed by atoms with Crippen molar-refractivity contribution in [3.8, 4) is 5.88 Å². The summed E-state index contributed by atoms with van der Waals surface area (Å²) in [4.78, 5) is 4.39. The summed E-state index contributed by atoms with van der Waals surface area (Å²) in [6.07, 6.45) is 3.78. The zero-order chi connectivity index (χ0) is 13.3. The standard InChI is InChI=1S/C15H24N2O/c1-10-7-12(9-15(3,4)8-10)18-14-6-5-13(16)11(2)17-14/h5-6,10,12H,7-9,16H2,1-4H3. The van der Waals surface area contributed by atoms with Crippen LogP contribution in [0.15, 0.2) is 12.1 Å². The SMILES string of the molecule is Cc1nc(OC2CC(C)CC(C)(C)C2)ccc1N. The largest absolute Gasteiger partial charge is 0.474 e. The first kappa shape index (κ1) is 13.2. The molecule has 0 bridgehead atoms. The summed E-state index contributed by atoms with van der Waals surface area (Å²) in [5.41, 5.74) is 7.70. The Morgan fingerprint density at radius 1 is 1.33 bits per heavy atom. The molecule has 1 aliphatic carbocycles. The van der Waals surface area contributed by atoms with Crippen molar-refractivity contribution in [2.24, 2.45) is 11.3 Å². The van der Waals surface area contributed by atoms with Crippen LogP contribution >= 0.6 is 0 Å². The molecule has 1 aromatic rings. The molecule has 0 spiro atoms. The van der Waals surface area contributed by atoms with Gasteiger partial charge in [0, 0.05) is 6.07 Å². The van der Waals surface area contributed by atoms with E-state index in [0.29, 0.717) is 17.2 Å². The topological polar surface area (TPSA) is 48.1 Å². The number of hydrogen-bond donors (Lipinski definition) is 1. The number of aromatic nitrogens is 1. The maximum Gasteiger partial charge on any atom is 0.213 e. The van der Waals surface area contributed by atoms with Crippen LogP contribution in [0.4, 0.5) is 5.69 Å². The van der Waals surface area contributed by atoms with Crippen molar-refractivity contribution in [3.63, 3.8) is 0 Å². The van der Waals surface area contributed by atoms with E-state index in [1.807, 2.05) is 19.1 Å². The second kappa shape index (κ2) is 4.79. The number of nitrogen functional groups attached to an aromatic ring is 1. The van der Waals surface area contributed by atoms with Crippen LogP contribution in [-0.4, -0.2) is 11.1 Å². The van der Waals surface area contributed by atoms with Crippen molar-refractivity contribution in [1.82, 2.24) is 4.98 Å². The third kappa shape index (κ3) is 3.15. The zero-order valence-corrected chi connectivity index (χ0v) is 11.9. The van der Waals surface area contributed by atoms with Crippen molar-refractivity contribution in [2.75, 3.05) is 5.73 Å². The molecule has 1 aromatic heterocycles. The van der Waals surface area contributed by atoms with Crippen LogP contribution in [0.25, 0.3) is 0 Å². The van der Waals surface area contributed by atoms with Gasteiger partial charge in [0.15, 0.2) is 0 Å². The van der Waals surface area contributed by atoms with E-state index >= 15 is 0 Å². The quantitative estimate of drug-likeness (QED) is 0.870. The van der Waals surface area contributed by atoms with Gasteiger partial charge < -0.3 is 10.5 Å². The van der Waals surface area contributed by atoms with Gasteiger partial charge in [-0.2, -0.15) is 0 Å². The highest BCUT2D eigenvalue weighted by molar-refractivity contribution is 5.43. The Hall–Kier alpha value is -1.25. The number of pyridine rings is 1. The molecule has 1 heterocycles. The van der Waals surface area contributed by atoms with E-state index in [2.05, 4.69) is 25.8 Å². The monoisotopic (exact) mass is 248 g/mol. The van der Waals surface area contributed by atoms with Gasteiger partial charge in [0.2, 0.25) is 5.88 Å². The van der Waals surface area contributed by atoms with E-state index in [9.17, 15) is 0 Å². The minimum atomic E-state index is 0.277. The molecule has 2 unspecified atom stereocenters. The molecule has 3 nitrogen and oxygen atoms in total. The van der Waals surface area contributed by atoms with Crippen LogP contribution in [0.1, 0.15) is 45.7 Å². The fourth-order valence-corrected chi connectivity index (χ4v) is 3.13. The highest BCUT2D eigenvalue weighted by atomic mass is 16.5. The average Bonchev–Trinajstić information content (AvgIpc) is 2.20. The van der Waals surface area contributed by atoms with E-state index in [1.165, 1.54) is 6.42 Å². The van der Waals surface area contributed by atoms with Crippen molar-refractivity contribution in [3.05, 3.63) is 17.8 Å². The lowest BCUT2D eigenvalue weighted by Gasteiger charge is -2.38. The molecule has 2 rings (SSSR count). The lowest BCUT2D eigenvalue weighted by molar-refractivity contribution is 0.0532. The van der Waals surface area contributed by atoms with Crippen molar-refractivity contribution in [2.45, 2.75) is 53.1 Å². The molecule has 100 valence electrons. The van der Waals surface area contributed by atoms with Gasteiger partial charge in [-0.05, 0) is 43.6 Å². The molecule has 0 amide bonds. The molecule has 0 aliphatic heterocycles. The van der Waals surface area contributed by atoms with Crippen LogP contribution in [0, 0.1) is 18.3 Å². The molecule has 1 saturated carbocycles. The second-order valence-electron chi connectivity index (χ2n) is 6.48. The minimum absolute atomic E-state index is 0.277. The summed E-state index contributed by atoms with van der Waals surface area (Å²) in [5.74, 6) is 1.42. The van der Waals surface area contributed by atoms with Gasteiger partial charge in [-0.3, -0.25) is 0 Å². The minimum Gasteiger partial charge on any atom is -0.474 e. The highest BCUT2D eigenvalue weighted by Gasteiger charge is 2.33. The molecule has 2 N–H and O–H groups in total. The van der Waals surface area contributed by atoms with Crippen molar-refractivity contribution < 1.29 is 4.74 Å². The summed E-state index contributed by atoms with van der Waals surface area (Å²) in [6.45, 7) is 8.86. The molecular weight excluding hydrogens is 224 g/mol. The predicted molar refractivity (Wildman–Crippen MR) is 74.6 cm³/mol. The highest BCUT2D eigenvalue weighted by Crippen LogP contribution is 2.39. The molecule has 0 radical (unpaired) electrons. The van der Waals surface area contributed by atoms with Gasteiger partial charge in [0.25, 0.3) is 0 Å². The lowest BCUT2D eigenvalue weighted by atomic mass is 9.71. The number of aryl methyl sites for hydroxylation is 1. The third-order valence-electron chi connectivity index (χ3n) is 3.74. The fraction of sp³-hybridized carbons (Fsp3) is 0.667. The molecule has 1 aliphatic rings. The van der Waals surface area contributed by atoms with Crippen molar-refractivity contribution >= 4 is 5.69 Å². The third-order valence-corrected chi connectivity index (χ3v) is 3.74. The Balaban J connectivity index is 2.06. The first-order valence-electron chi connectivity index (χ1n) is 6.75. The van der Waals surface area contributed by atoms with Crippen molar-refractivity contribution in [1.29, 1.82) is 0 Å². The van der Waals surface area contributed by atoms with Crippen LogP contribution in [0.3, 0.4) is 0 Å². The number of hydrogen-bond acceptors (Lipinski definition) is 3. The zero-order valence-electron chi connectivity index (χ0n) is 11.9. The molecule has 1 fully saturated rings. The number of anilines is 1. The maximum absolute atomic E-state index is 6.03. The molecular formula is C15H24N2O. The smallest absolute Gasteiger partial charge is 0.213 e. The fourth-order valence-electron chi connectivity index (χ4n) is 3.13. The second-order valence-corrected chi connectivity index (χ2v) is 6.48. The summed E-state index contributed by atoms with van der Waals surface area (Å²) in [6, 6.07) is 3.74. The van der Waals surface area contributed by atoms with Crippen LogP contribution in [-0.2, 0) is 0 Å².